The second-order valence-corrected chi connectivity index (χ2v) is 5.08. The fourth-order valence-corrected chi connectivity index (χ4v) is 2.39. The molecule has 0 aliphatic rings. The molecule has 0 saturated carbocycles. The summed E-state index contributed by atoms with van der Waals surface area (Å²) in [5, 5.41) is 0. The molecule has 0 saturated heterocycles. The number of pyridine rings is 1. The largest absolute Gasteiger partial charge is 0.486 e. The van der Waals surface area contributed by atoms with Crippen molar-refractivity contribution in [2.24, 2.45) is 5.73 Å². The number of rotatable bonds is 6. The van der Waals surface area contributed by atoms with E-state index in [2.05, 4.69) is 20.9 Å². The number of aromatic nitrogens is 1. The van der Waals surface area contributed by atoms with Gasteiger partial charge in [0.2, 0.25) is 5.88 Å². The van der Waals surface area contributed by atoms with Gasteiger partial charge in [-0.1, -0.05) is 18.2 Å². The molecule has 1 heterocycles. The van der Waals surface area contributed by atoms with Crippen LogP contribution >= 0.6 is 15.9 Å². The van der Waals surface area contributed by atoms with Gasteiger partial charge in [0.1, 0.15) is 12.4 Å². The van der Waals surface area contributed by atoms with Crippen molar-refractivity contribution in [3.63, 3.8) is 0 Å². The standard InChI is InChI=1S/C15H17BrN2O2/c1-19-14-7-3-5-12(18-14)10-20-15-11(8-9-17)4-2-6-13(15)16/h2-7H,8-10,17H2,1H3. The lowest BCUT2D eigenvalue weighted by Gasteiger charge is -2.13. The Hall–Kier alpha value is -1.59. The van der Waals surface area contributed by atoms with Gasteiger partial charge in [0, 0.05) is 6.07 Å². The highest BCUT2D eigenvalue weighted by atomic mass is 79.9. The maximum Gasteiger partial charge on any atom is 0.213 e. The molecule has 20 heavy (non-hydrogen) atoms. The van der Waals surface area contributed by atoms with Crippen LogP contribution in [-0.4, -0.2) is 18.6 Å². The zero-order chi connectivity index (χ0) is 14.4. The zero-order valence-corrected chi connectivity index (χ0v) is 12.9. The molecule has 4 nitrogen and oxygen atoms in total. The molecule has 2 rings (SSSR count). The second kappa shape index (κ2) is 7.26. The van der Waals surface area contributed by atoms with Crippen LogP contribution in [0.25, 0.3) is 0 Å². The first-order valence-corrected chi connectivity index (χ1v) is 7.14. The van der Waals surface area contributed by atoms with Crippen LogP contribution in [-0.2, 0) is 13.0 Å². The molecule has 106 valence electrons. The Balaban J connectivity index is 2.13. The predicted molar refractivity (Wildman–Crippen MR) is 82.0 cm³/mol. The Morgan fingerprint density at radius 1 is 1.20 bits per heavy atom. The van der Waals surface area contributed by atoms with Crippen LogP contribution in [0.5, 0.6) is 11.6 Å². The Morgan fingerprint density at radius 3 is 2.75 bits per heavy atom. The van der Waals surface area contributed by atoms with E-state index in [1.165, 1.54) is 0 Å². The summed E-state index contributed by atoms with van der Waals surface area (Å²) in [6.45, 7) is 0.974. The van der Waals surface area contributed by atoms with Gasteiger partial charge in [0.15, 0.2) is 0 Å². The van der Waals surface area contributed by atoms with Crippen molar-refractivity contribution in [2.45, 2.75) is 13.0 Å². The van der Waals surface area contributed by atoms with Crippen LogP contribution in [0.1, 0.15) is 11.3 Å². The Labute approximate surface area is 127 Å². The van der Waals surface area contributed by atoms with Crippen molar-refractivity contribution >= 4 is 15.9 Å². The molecule has 0 radical (unpaired) electrons. The van der Waals surface area contributed by atoms with Crippen molar-refractivity contribution in [3.05, 3.63) is 52.1 Å². The van der Waals surface area contributed by atoms with E-state index in [-0.39, 0.29) is 0 Å². The minimum absolute atomic E-state index is 0.386. The number of hydrogen-bond acceptors (Lipinski definition) is 4. The number of benzene rings is 1. The van der Waals surface area contributed by atoms with Crippen LogP contribution in [0.3, 0.4) is 0 Å². The summed E-state index contributed by atoms with van der Waals surface area (Å²) in [5.74, 6) is 1.41. The van der Waals surface area contributed by atoms with Gasteiger partial charge in [-0.15, -0.1) is 0 Å². The molecule has 5 heteroatoms. The summed E-state index contributed by atoms with van der Waals surface area (Å²) in [5.41, 5.74) is 7.53. The highest BCUT2D eigenvalue weighted by molar-refractivity contribution is 9.10. The van der Waals surface area contributed by atoms with Gasteiger partial charge in [-0.3, -0.25) is 0 Å². The van der Waals surface area contributed by atoms with Crippen molar-refractivity contribution in [1.82, 2.24) is 4.98 Å². The summed E-state index contributed by atoms with van der Waals surface area (Å²) in [4.78, 5) is 4.32. The Kier molecular flexibility index (Phi) is 5.38. The molecular formula is C15H17BrN2O2. The lowest BCUT2D eigenvalue weighted by atomic mass is 10.1. The van der Waals surface area contributed by atoms with Crippen LogP contribution < -0.4 is 15.2 Å². The highest BCUT2D eigenvalue weighted by Crippen LogP contribution is 2.30. The molecule has 2 N–H and O–H groups in total. The normalized spacial score (nSPS) is 10.3. The maximum absolute atomic E-state index is 5.89. The van der Waals surface area contributed by atoms with Crippen LogP contribution in [0.15, 0.2) is 40.9 Å². The predicted octanol–water partition coefficient (Wildman–Crippen LogP) is 2.93. The van der Waals surface area contributed by atoms with Crippen LogP contribution in [0.2, 0.25) is 0 Å². The van der Waals surface area contributed by atoms with E-state index in [9.17, 15) is 0 Å². The summed E-state index contributed by atoms with van der Waals surface area (Å²) in [6, 6.07) is 11.6. The minimum Gasteiger partial charge on any atom is -0.486 e. The van der Waals surface area contributed by atoms with Gasteiger partial charge in [-0.25, -0.2) is 4.98 Å². The molecule has 2 aromatic rings. The van der Waals surface area contributed by atoms with Crippen molar-refractivity contribution in [1.29, 1.82) is 0 Å². The monoisotopic (exact) mass is 336 g/mol. The summed E-state index contributed by atoms with van der Waals surface area (Å²) >= 11 is 3.51. The maximum atomic E-state index is 5.89. The third-order valence-electron chi connectivity index (χ3n) is 2.82. The third-order valence-corrected chi connectivity index (χ3v) is 3.44. The van der Waals surface area contributed by atoms with Crippen molar-refractivity contribution < 1.29 is 9.47 Å². The first-order valence-electron chi connectivity index (χ1n) is 6.34. The number of ether oxygens (including phenoxy) is 2. The summed E-state index contributed by atoms with van der Waals surface area (Å²) in [7, 11) is 1.60. The van der Waals surface area contributed by atoms with Gasteiger partial charge < -0.3 is 15.2 Å². The second-order valence-electron chi connectivity index (χ2n) is 4.23. The molecule has 0 amide bonds. The smallest absolute Gasteiger partial charge is 0.213 e. The van der Waals surface area contributed by atoms with Gasteiger partial charge in [-0.2, -0.15) is 0 Å². The third kappa shape index (κ3) is 3.71. The SMILES string of the molecule is COc1cccc(COc2c(Br)cccc2CCN)n1. The van der Waals surface area contributed by atoms with Crippen LogP contribution in [0.4, 0.5) is 0 Å². The number of nitrogens with zero attached hydrogens (tertiary/aromatic N) is 1. The lowest BCUT2D eigenvalue weighted by molar-refractivity contribution is 0.293. The molecule has 0 atom stereocenters. The van der Waals surface area contributed by atoms with Crippen molar-refractivity contribution in [2.75, 3.05) is 13.7 Å². The molecule has 0 spiro atoms. The molecule has 0 fully saturated rings. The molecule has 0 bridgehead atoms. The van der Waals surface area contributed by atoms with E-state index >= 15 is 0 Å². The van der Waals surface area contributed by atoms with Crippen LogP contribution in [0, 0.1) is 0 Å². The number of nitrogens with two attached hydrogens (primary N) is 1. The number of hydrogen-bond donors (Lipinski definition) is 1. The first-order chi connectivity index (χ1) is 9.74. The Bertz CT molecular complexity index is 576. The van der Waals surface area contributed by atoms with Gasteiger partial charge in [0.05, 0.1) is 17.3 Å². The molecule has 0 aliphatic carbocycles. The van der Waals surface area contributed by atoms with E-state index in [0.717, 1.165) is 27.9 Å². The Morgan fingerprint density at radius 2 is 2.00 bits per heavy atom. The molecule has 0 aliphatic heterocycles. The van der Waals surface area contributed by atoms with Crippen molar-refractivity contribution in [3.8, 4) is 11.6 Å². The van der Waals surface area contributed by atoms with Gasteiger partial charge in [0.25, 0.3) is 0 Å². The van der Waals surface area contributed by atoms with E-state index in [1.54, 1.807) is 7.11 Å². The number of halogens is 1. The van der Waals surface area contributed by atoms with Gasteiger partial charge >= 0.3 is 0 Å². The summed E-state index contributed by atoms with van der Waals surface area (Å²) < 4.78 is 11.9. The molecule has 1 aromatic heterocycles. The first kappa shape index (κ1) is 14.8. The minimum atomic E-state index is 0.386. The fraction of sp³-hybridized carbons (Fsp3) is 0.267. The quantitative estimate of drug-likeness (QED) is 0.881. The highest BCUT2D eigenvalue weighted by Gasteiger charge is 2.08. The van der Waals surface area contributed by atoms with E-state index < -0.39 is 0 Å². The molecule has 1 aromatic carbocycles. The molecule has 0 unspecified atom stereocenters. The van der Waals surface area contributed by atoms with E-state index in [0.29, 0.717) is 19.0 Å². The average Bonchev–Trinajstić information content (AvgIpc) is 2.47. The topological polar surface area (TPSA) is 57.4 Å². The molecular weight excluding hydrogens is 320 g/mol. The zero-order valence-electron chi connectivity index (χ0n) is 11.3. The van der Waals surface area contributed by atoms with Gasteiger partial charge in [-0.05, 0) is 46.6 Å². The van der Waals surface area contributed by atoms with E-state index in [4.69, 9.17) is 15.2 Å². The average molecular weight is 337 g/mol. The number of para-hydroxylation sites is 1. The van der Waals surface area contributed by atoms with E-state index in [1.807, 2.05) is 36.4 Å². The fourth-order valence-electron chi connectivity index (χ4n) is 1.87. The number of methoxy groups -OCH3 is 1. The lowest BCUT2D eigenvalue weighted by Crippen LogP contribution is -2.06. The summed E-state index contributed by atoms with van der Waals surface area (Å²) in [6.07, 6.45) is 0.778.